The number of rotatable bonds is 6. The van der Waals surface area contributed by atoms with E-state index in [-0.39, 0.29) is 0 Å². The standard InChI is InChI=1S/C51H32N4S/c1-4-15-33(16-5-1)48-53-49(55-50(54-48)35-28-30-45(52-32-35)42-24-14-23-41-40-22-11-13-26-46(40)56-47(41)42)34-27-29-39-38-21-10-12-25-43(38)51(44(39)31-34,36-17-6-2-7-18-36)37-19-8-3-9-20-37/h1-32H. The zero-order valence-corrected chi connectivity index (χ0v) is 31.0. The van der Waals surface area contributed by atoms with E-state index in [1.54, 1.807) is 0 Å². The number of pyridine rings is 1. The van der Waals surface area contributed by atoms with E-state index in [2.05, 4.69) is 158 Å². The maximum Gasteiger partial charge on any atom is 0.165 e. The molecule has 5 heteroatoms. The lowest BCUT2D eigenvalue weighted by Gasteiger charge is -2.34. The number of benzene rings is 7. The molecule has 0 saturated carbocycles. The average Bonchev–Trinajstić information content (AvgIpc) is 3.81. The quantitative estimate of drug-likeness (QED) is 0.171. The van der Waals surface area contributed by atoms with Gasteiger partial charge in [-0.3, -0.25) is 4.98 Å². The number of thiophene rings is 1. The van der Waals surface area contributed by atoms with Gasteiger partial charge in [-0.05, 0) is 57.6 Å². The summed E-state index contributed by atoms with van der Waals surface area (Å²) in [6, 6.07) is 66.6. The second-order valence-corrected chi connectivity index (χ2v) is 15.2. The van der Waals surface area contributed by atoms with Crippen LogP contribution in [0.5, 0.6) is 0 Å². The molecule has 0 bridgehead atoms. The molecule has 1 aliphatic carbocycles. The van der Waals surface area contributed by atoms with Crippen LogP contribution in [0.15, 0.2) is 194 Å². The summed E-state index contributed by atoms with van der Waals surface area (Å²) in [4.78, 5) is 20.4. The van der Waals surface area contributed by atoms with Crippen molar-refractivity contribution in [1.82, 2.24) is 19.9 Å². The largest absolute Gasteiger partial charge is 0.255 e. The van der Waals surface area contributed by atoms with Crippen LogP contribution < -0.4 is 0 Å². The lowest BCUT2D eigenvalue weighted by molar-refractivity contribution is 0.768. The highest BCUT2D eigenvalue weighted by Crippen LogP contribution is 2.56. The molecule has 0 spiro atoms. The van der Waals surface area contributed by atoms with E-state index in [0.29, 0.717) is 17.5 Å². The zero-order chi connectivity index (χ0) is 37.1. The Balaban J connectivity index is 1.08. The summed E-state index contributed by atoms with van der Waals surface area (Å²) >= 11 is 1.81. The minimum absolute atomic E-state index is 0.528. The second kappa shape index (κ2) is 13.0. The highest BCUT2D eigenvalue weighted by molar-refractivity contribution is 7.26. The van der Waals surface area contributed by atoms with Crippen LogP contribution in [0.25, 0.3) is 76.7 Å². The van der Waals surface area contributed by atoms with Gasteiger partial charge in [-0.2, -0.15) is 0 Å². The monoisotopic (exact) mass is 732 g/mol. The molecule has 0 amide bonds. The first-order valence-corrected chi connectivity index (χ1v) is 19.6. The van der Waals surface area contributed by atoms with Crippen molar-refractivity contribution in [3.05, 3.63) is 217 Å². The van der Waals surface area contributed by atoms with Gasteiger partial charge in [0.15, 0.2) is 17.5 Å². The fourth-order valence-corrected chi connectivity index (χ4v) is 9.79. The molecule has 0 unspecified atom stereocenters. The van der Waals surface area contributed by atoms with Gasteiger partial charge < -0.3 is 0 Å². The highest BCUT2D eigenvalue weighted by Gasteiger charge is 2.46. The first kappa shape index (κ1) is 32.4. The molecule has 4 nitrogen and oxygen atoms in total. The molecule has 0 atom stereocenters. The van der Waals surface area contributed by atoms with Crippen LogP contribution in [0.1, 0.15) is 22.3 Å². The SMILES string of the molecule is c1ccc(-c2nc(-c3ccc(-c4cccc5c4sc4ccccc45)nc3)nc(-c3ccc4c(c3)C(c3ccccc3)(c3ccccc3)c3ccccc3-4)n2)cc1. The molecular formula is C51H32N4S. The predicted octanol–water partition coefficient (Wildman–Crippen LogP) is 12.7. The van der Waals surface area contributed by atoms with Gasteiger partial charge in [-0.1, -0.05) is 164 Å². The summed E-state index contributed by atoms with van der Waals surface area (Å²) in [5.41, 5.74) is 11.5. The molecule has 1 aliphatic rings. The van der Waals surface area contributed by atoms with Gasteiger partial charge in [0.05, 0.1) is 11.1 Å². The van der Waals surface area contributed by atoms with Crippen LogP contribution in [0.3, 0.4) is 0 Å². The second-order valence-electron chi connectivity index (χ2n) is 14.2. The molecule has 56 heavy (non-hydrogen) atoms. The summed E-state index contributed by atoms with van der Waals surface area (Å²) in [7, 11) is 0. The Morgan fingerprint density at radius 1 is 0.393 bits per heavy atom. The van der Waals surface area contributed by atoms with Crippen molar-refractivity contribution in [3.8, 4) is 56.5 Å². The summed E-state index contributed by atoms with van der Waals surface area (Å²) in [6.07, 6.45) is 1.89. The lowest BCUT2D eigenvalue weighted by Crippen LogP contribution is -2.28. The molecule has 262 valence electrons. The third-order valence-electron chi connectivity index (χ3n) is 11.1. The van der Waals surface area contributed by atoms with E-state index >= 15 is 0 Å². The predicted molar refractivity (Wildman–Crippen MR) is 230 cm³/mol. The van der Waals surface area contributed by atoms with E-state index < -0.39 is 5.41 Å². The normalized spacial score (nSPS) is 12.8. The Morgan fingerprint density at radius 2 is 0.964 bits per heavy atom. The number of aromatic nitrogens is 4. The molecule has 0 N–H and O–H groups in total. The molecule has 0 saturated heterocycles. The van der Waals surface area contributed by atoms with E-state index in [1.807, 2.05) is 47.9 Å². The Morgan fingerprint density at radius 3 is 1.70 bits per heavy atom. The van der Waals surface area contributed by atoms with E-state index in [1.165, 1.54) is 53.6 Å². The smallest absolute Gasteiger partial charge is 0.165 e. The van der Waals surface area contributed by atoms with E-state index in [4.69, 9.17) is 19.9 Å². The van der Waals surface area contributed by atoms with Gasteiger partial charge in [-0.15, -0.1) is 11.3 Å². The molecule has 10 aromatic rings. The number of nitrogens with zero attached hydrogens (tertiary/aromatic N) is 4. The van der Waals surface area contributed by atoms with Crippen molar-refractivity contribution >= 4 is 31.5 Å². The lowest BCUT2D eigenvalue weighted by atomic mass is 9.67. The number of fused-ring (bicyclic) bond motifs is 6. The van der Waals surface area contributed by atoms with Crippen molar-refractivity contribution in [2.24, 2.45) is 0 Å². The van der Waals surface area contributed by atoms with Crippen LogP contribution in [-0.4, -0.2) is 19.9 Å². The van der Waals surface area contributed by atoms with Crippen molar-refractivity contribution in [3.63, 3.8) is 0 Å². The Labute approximate surface area is 328 Å². The fourth-order valence-electron chi connectivity index (χ4n) is 8.57. The number of hydrogen-bond acceptors (Lipinski definition) is 5. The van der Waals surface area contributed by atoms with E-state index in [9.17, 15) is 0 Å². The van der Waals surface area contributed by atoms with Crippen LogP contribution in [-0.2, 0) is 5.41 Å². The minimum atomic E-state index is -0.528. The van der Waals surface area contributed by atoms with Crippen molar-refractivity contribution < 1.29 is 0 Å². The molecular weight excluding hydrogens is 701 g/mol. The summed E-state index contributed by atoms with van der Waals surface area (Å²) in [5, 5.41) is 2.53. The van der Waals surface area contributed by atoms with E-state index in [0.717, 1.165) is 27.9 Å². The van der Waals surface area contributed by atoms with Crippen molar-refractivity contribution in [2.45, 2.75) is 5.41 Å². The maximum absolute atomic E-state index is 5.19. The molecule has 3 heterocycles. The molecule has 3 aromatic heterocycles. The third kappa shape index (κ3) is 5.05. The first-order valence-electron chi connectivity index (χ1n) is 18.8. The Kier molecular flexibility index (Phi) is 7.54. The van der Waals surface area contributed by atoms with Crippen molar-refractivity contribution in [2.75, 3.05) is 0 Å². The maximum atomic E-state index is 5.19. The Hall–Kier alpha value is -7.08. The van der Waals surface area contributed by atoms with Gasteiger partial charge in [0, 0.05) is 48.6 Å². The Bertz CT molecular complexity index is 3030. The van der Waals surface area contributed by atoms with Crippen LogP contribution in [0.2, 0.25) is 0 Å². The molecule has 7 aromatic carbocycles. The van der Waals surface area contributed by atoms with Crippen molar-refractivity contribution in [1.29, 1.82) is 0 Å². The van der Waals surface area contributed by atoms with Crippen LogP contribution in [0, 0.1) is 0 Å². The summed E-state index contributed by atoms with van der Waals surface area (Å²) in [5.74, 6) is 1.81. The van der Waals surface area contributed by atoms with Gasteiger partial charge in [0.2, 0.25) is 0 Å². The molecule has 0 aliphatic heterocycles. The summed E-state index contributed by atoms with van der Waals surface area (Å²) in [6.45, 7) is 0. The number of hydrogen-bond donors (Lipinski definition) is 0. The summed E-state index contributed by atoms with van der Waals surface area (Å²) < 4.78 is 2.52. The molecule has 0 fully saturated rings. The topological polar surface area (TPSA) is 51.6 Å². The molecule has 11 rings (SSSR count). The third-order valence-corrected chi connectivity index (χ3v) is 12.3. The minimum Gasteiger partial charge on any atom is -0.255 e. The van der Waals surface area contributed by atoms with Crippen LogP contribution >= 0.6 is 11.3 Å². The fraction of sp³-hybridized carbons (Fsp3) is 0.0196. The van der Waals surface area contributed by atoms with Gasteiger partial charge in [0.1, 0.15) is 0 Å². The average molecular weight is 733 g/mol. The van der Waals surface area contributed by atoms with Gasteiger partial charge in [0.25, 0.3) is 0 Å². The first-order chi connectivity index (χ1) is 27.8. The molecule has 0 radical (unpaired) electrons. The van der Waals surface area contributed by atoms with Gasteiger partial charge >= 0.3 is 0 Å². The van der Waals surface area contributed by atoms with Crippen LogP contribution in [0.4, 0.5) is 0 Å². The highest BCUT2D eigenvalue weighted by atomic mass is 32.1. The van der Waals surface area contributed by atoms with Gasteiger partial charge in [-0.25, -0.2) is 15.0 Å². The zero-order valence-electron chi connectivity index (χ0n) is 30.2.